The van der Waals surface area contributed by atoms with Gasteiger partial charge < -0.3 is 4.90 Å². The number of amides is 1. The average Bonchev–Trinajstić information content (AvgIpc) is 1.87. The third-order valence-corrected chi connectivity index (χ3v) is 1.47. The molecule has 0 aromatic rings. The van der Waals surface area contributed by atoms with E-state index >= 15 is 0 Å². The molecule has 0 radical (unpaired) electrons. The maximum absolute atomic E-state index is 10.1. The summed E-state index contributed by atoms with van der Waals surface area (Å²) in [6.07, 6.45) is 3.20. The summed E-state index contributed by atoms with van der Waals surface area (Å²) in [6.45, 7) is 5.28. The molecule has 0 aliphatic carbocycles. The summed E-state index contributed by atoms with van der Waals surface area (Å²) in [5.74, 6) is 0.750. The third-order valence-electron chi connectivity index (χ3n) is 1.47. The van der Waals surface area contributed by atoms with Gasteiger partial charge in [-0.3, -0.25) is 4.79 Å². The van der Waals surface area contributed by atoms with Gasteiger partial charge >= 0.3 is 0 Å². The van der Waals surface area contributed by atoms with Crippen LogP contribution in [0.3, 0.4) is 0 Å². The number of hydrogen-bond acceptors (Lipinski definition) is 1. The maximum Gasteiger partial charge on any atom is 0.209 e. The second-order valence-corrected chi connectivity index (χ2v) is 3.12. The SMILES string of the molecule is CC(C)CCCN(C)C=O. The Hall–Kier alpha value is -0.530. The number of nitrogens with zero attached hydrogens (tertiary/aromatic N) is 1. The van der Waals surface area contributed by atoms with Crippen LogP contribution < -0.4 is 0 Å². The van der Waals surface area contributed by atoms with E-state index in [0.29, 0.717) is 0 Å². The molecule has 2 heteroatoms. The van der Waals surface area contributed by atoms with Gasteiger partial charge in [0.15, 0.2) is 0 Å². The van der Waals surface area contributed by atoms with E-state index in [1.54, 1.807) is 4.90 Å². The van der Waals surface area contributed by atoms with Gasteiger partial charge in [0.25, 0.3) is 0 Å². The molecule has 0 N–H and O–H groups in total. The van der Waals surface area contributed by atoms with Gasteiger partial charge in [-0.25, -0.2) is 0 Å². The minimum Gasteiger partial charge on any atom is -0.348 e. The van der Waals surface area contributed by atoms with E-state index in [-0.39, 0.29) is 0 Å². The Morgan fingerprint density at radius 1 is 1.50 bits per heavy atom. The fourth-order valence-electron chi connectivity index (χ4n) is 0.802. The van der Waals surface area contributed by atoms with Crippen molar-refractivity contribution < 1.29 is 4.79 Å². The summed E-state index contributed by atoms with van der Waals surface area (Å²) in [5, 5.41) is 0. The van der Waals surface area contributed by atoms with Crippen LogP contribution in [0.25, 0.3) is 0 Å². The first kappa shape index (κ1) is 9.47. The summed E-state index contributed by atoms with van der Waals surface area (Å²) in [6, 6.07) is 0. The predicted octanol–water partition coefficient (Wildman–Crippen LogP) is 1.51. The zero-order valence-corrected chi connectivity index (χ0v) is 7.13. The van der Waals surface area contributed by atoms with Crippen LogP contribution in [0.2, 0.25) is 0 Å². The molecule has 0 spiro atoms. The zero-order valence-electron chi connectivity index (χ0n) is 7.13. The lowest BCUT2D eigenvalue weighted by Crippen LogP contribution is -2.17. The van der Waals surface area contributed by atoms with E-state index in [0.717, 1.165) is 25.3 Å². The smallest absolute Gasteiger partial charge is 0.209 e. The first-order chi connectivity index (χ1) is 4.66. The van der Waals surface area contributed by atoms with E-state index in [9.17, 15) is 4.79 Å². The van der Waals surface area contributed by atoms with Crippen molar-refractivity contribution in [2.45, 2.75) is 26.7 Å². The van der Waals surface area contributed by atoms with Crippen LogP contribution in [0.4, 0.5) is 0 Å². The second-order valence-electron chi connectivity index (χ2n) is 3.12. The van der Waals surface area contributed by atoms with Crippen molar-refractivity contribution in [1.29, 1.82) is 0 Å². The van der Waals surface area contributed by atoms with Crippen LogP contribution in [-0.4, -0.2) is 24.9 Å². The highest BCUT2D eigenvalue weighted by atomic mass is 16.1. The number of rotatable bonds is 5. The van der Waals surface area contributed by atoms with Gasteiger partial charge in [0.1, 0.15) is 0 Å². The summed E-state index contributed by atoms with van der Waals surface area (Å²) in [4.78, 5) is 11.8. The molecule has 0 aromatic carbocycles. The molecule has 0 rings (SSSR count). The molecule has 2 nitrogen and oxygen atoms in total. The van der Waals surface area contributed by atoms with Gasteiger partial charge in [-0.2, -0.15) is 0 Å². The van der Waals surface area contributed by atoms with Crippen LogP contribution in [0.15, 0.2) is 0 Å². The van der Waals surface area contributed by atoms with Gasteiger partial charge in [-0.15, -0.1) is 0 Å². The molecule has 0 bridgehead atoms. The van der Waals surface area contributed by atoms with Crippen molar-refractivity contribution in [3.05, 3.63) is 0 Å². The lowest BCUT2D eigenvalue weighted by molar-refractivity contribution is -0.117. The predicted molar refractivity (Wildman–Crippen MR) is 42.8 cm³/mol. The lowest BCUT2D eigenvalue weighted by Gasteiger charge is -2.10. The fourth-order valence-corrected chi connectivity index (χ4v) is 0.802. The minimum absolute atomic E-state index is 0.750. The first-order valence-corrected chi connectivity index (χ1v) is 3.82. The molecule has 0 atom stereocenters. The van der Waals surface area contributed by atoms with Crippen LogP contribution >= 0.6 is 0 Å². The Labute approximate surface area is 63.2 Å². The Bertz CT molecular complexity index is 91.3. The molecule has 1 amide bonds. The second kappa shape index (κ2) is 5.27. The summed E-state index contributed by atoms with van der Waals surface area (Å²) >= 11 is 0. The Kier molecular flexibility index (Phi) is 4.99. The Balaban J connectivity index is 3.11. The van der Waals surface area contributed by atoms with Crippen LogP contribution in [0, 0.1) is 5.92 Å². The molecular formula is C8H17NO. The van der Waals surface area contributed by atoms with Crippen LogP contribution in [0.5, 0.6) is 0 Å². The van der Waals surface area contributed by atoms with Crippen LogP contribution in [0.1, 0.15) is 26.7 Å². The van der Waals surface area contributed by atoms with Crippen molar-refractivity contribution in [2.24, 2.45) is 5.92 Å². The van der Waals surface area contributed by atoms with Gasteiger partial charge in [0, 0.05) is 13.6 Å². The number of hydrogen-bond donors (Lipinski definition) is 0. The highest BCUT2D eigenvalue weighted by Crippen LogP contribution is 2.02. The van der Waals surface area contributed by atoms with Gasteiger partial charge in [0.2, 0.25) is 6.41 Å². The van der Waals surface area contributed by atoms with Crippen molar-refractivity contribution in [3.63, 3.8) is 0 Å². The van der Waals surface area contributed by atoms with Crippen molar-refractivity contribution in [2.75, 3.05) is 13.6 Å². The monoisotopic (exact) mass is 143 g/mol. The highest BCUT2D eigenvalue weighted by Gasteiger charge is 1.95. The quantitative estimate of drug-likeness (QED) is 0.534. The van der Waals surface area contributed by atoms with E-state index in [2.05, 4.69) is 13.8 Å². The number of carbonyl (C=O) groups is 1. The standard InChI is InChI=1S/C8H17NO/c1-8(2)5-4-6-9(3)7-10/h7-8H,4-6H2,1-3H3. The molecule has 0 heterocycles. The molecule has 0 fully saturated rings. The molecule has 60 valence electrons. The summed E-state index contributed by atoms with van der Waals surface area (Å²) in [5.41, 5.74) is 0. The number of carbonyl (C=O) groups excluding carboxylic acids is 1. The normalized spacial score (nSPS) is 10.0. The molecule has 10 heavy (non-hydrogen) atoms. The van der Waals surface area contributed by atoms with Gasteiger partial charge in [-0.1, -0.05) is 13.8 Å². The largest absolute Gasteiger partial charge is 0.348 e. The Morgan fingerprint density at radius 2 is 2.10 bits per heavy atom. The zero-order chi connectivity index (χ0) is 7.98. The highest BCUT2D eigenvalue weighted by molar-refractivity contribution is 5.46. The third kappa shape index (κ3) is 5.60. The summed E-state index contributed by atoms with van der Waals surface area (Å²) in [7, 11) is 1.81. The molecule has 0 aromatic heterocycles. The molecule has 0 aliphatic rings. The minimum atomic E-state index is 0.750. The molecular weight excluding hydrogens is 126 g/mol. The maximum atomic E-state index is 10.1. The average molecular weight is 143 g/mol. The van der Waals surface area contributed by atoms with Gasteiger partial charge in [-0.05, 0) is 18.8 Å². The summed E-state index contributed by atoms with van der Waals surface area (Å²) < 4.78 is 0. The van der Waals surface area contributed by atoms with Crippen LogP contribution in [-0.2, 0) is 4.79 Å². The molecule has 0 saturated carbocycles. The molecule has 0 saturated heterocycles. The molecule has 0 unspecified atom stereocenters. The lowest BCUT2D eigenvalue weighted by atomic mass is 10.1. The van der Waals surface area contributed by atoms with Crippen molar-refractivity contribution >= 4 is 6.41 Å². The van der Waals surface area contributed by atoms with E-state index in [4.69, 9.17) is 0 Å². The van der Waals surface area contributed by atoms with E-state index < -0.39 is 0 Å². The van der Waals surface area contributed by atoms with E-state index in [1.165, 1.54) is 6.42 Å². The molecule has 0 aliphatic heterocycles. The van der Waals surface area contributed by atoms with E-state index in [1.807, 2.05) is 7.05 Å². The Morgan fingerprint density at radius 3 is 2.50 bits per heavy atom. The topological polar surface area (TPSA) is 20.3 Å². The van der Waals surface area contributed by atoms with Crippen molar-refractivity contribution in [1.82, 2.24) is 4.90 Å². The first-order valence-electron chi connectivity index (χ1n) is 3.82. The van der Waals surface area contributed by atoms with Gasteiger partial charge in [0.05, 0.1) is 0 Å². The fraction of sp³-hybridized carbons (Fsp3) is 0.875. The van der Waals surface area contributed by atoms with Crippen molar-refractivity contribution in [3.8, 4) is 0 Å².